The molecule has 0 amide bonds. The zero-order valence-corrected chi connectivity index (χ0v) is 5.87. The monoisotopic (exact) mass is 140 g/mol. The maximum atomic E-state index is 10.2. The molecule has 0 fully saturated rings. The molecule has 1 aromatic heterocycles. The molecule has 0 saturated carbocycles. The molecule has 0 N–H and O–H groups in total. The number of nitrogens with zero attached hydrogens (tertiary/aromatic N) is 2. The summed E-state index contributed by atoms with van der Waals surface area (Å²) in [4.78, 5) is 9.85. The van der Waals surface area contributed by atoms with E-state index in [4.69, 9.17) is 0 Å². The normalized spacial score (nSPS) is 9.80. The maximum Gasteiger partial charge on any atom is 0.289 e. The van der Waals surface area contributed by atoms with Gasteiger partial charge in [0.2, 0.25) is 0 Å². The van der Waals surface area contributed by atoms with Crippen molar-refractivity contribution in [3.05, 3.63) is 28.1 Å². The summed E-state index contributed by atoms with van der Waals surface area (Å²) >= 11 is 0. The SMILES string of the molecule is Cc1c([N+](=O)[O-])ccn1C. The van der Waals surface area contributed by atoms with Crippen molar-refractivity contribution >= 4 is 5.69 Å². The molecule has 0 aromatic carbocycles. The van der Waals surface area contributed by atoms with Gasteiger partial charge in [-0.3, -0.25) is 10.1 Å². The lowest BCUT2D eigenvalue weighted by molar-refractivity contribution is -0.385. The number of hydrogen-bond acceptors (Lipinski definition) is 2. The molecule has 10 heavy (non-hydrogen) atoms. The quantitative estimate of drug-likeness (QED) is 0.435. The van der Waals surface area contributed by atoms with Crippen LogP contribution < -0.4 is 0 Å². The molecular weight excluding hydrogens is 132 g/mol. The summed E-state index contributed by atoms with van der Waals surface area (Å²) < 4.78 is 1.72. The average molecular weight is 140 g/mol. The van der Waals surface area contributed by atoms with Crippen molar-refractivity contribution in [2.45, 2.75) is 6.92 Å². The Hall–Kier alpha value is -1.32. The van der Waals surface area contributed by atoms with E-state index < -0.39 is 0 Å². The zero-order chi connectivity index (χ0) is 7.72. The van der Waals surface area contributed by atoms with Crippen molar-refractivity contribution in [3.63, 3.8) is 0 Å². The first-order chi connectivity index (χ1) is 4.63. The third kappa shape index (κ3) is 0.877. The number of aromatic nitrogens is 1. The van der Waals surface area contributed by atoms with Gasteiger partial charge in [-0.1, -0.05) is 0 Å². The molecule has 0 aliphatic rings. The van der Waals surface area contributed by atoms with Crippen molar-refractivity contribution in [1.29, 1.82) is 0 Å². The van der Waals surface area contributed by atoms with E-state index in [1.165, 1.54) is 6.07 Å². The predicted octanol–water partition coefficient (Wildman–Crippen LogP) is 1.24. The Labute approximate surface area is 58.2 Å². The van der Waals surface area contributed by atoms with Crippen LogP contribution in [0.3, 0.4) is 0 Å². The van der Waals surface area contributed by atoms with Gasteiger partial charge < -0.3 is 4.57 Å². The zero-order valence-electron chi connectivity index (χ0n) is 5.87. The first-order valence-electron chi connectivity index (χ1n) is 2.89. The van der Waals surface area contributed by atoms with E-state index in [2.05, 4.69) is 0 Å². The summed E-state index contributed by atoms with van der Waals surface area (Å²) in [6, 6.07) is 1.50. The van der Waals surface area contributed by atoms with Crippen molar-refractivity contribution in [2.75, 3.05) is 0 Å². The maximum absolute atomic E-state index is 10.2. The van der Waals surface area contributed by atoms with E-state index in [9.17, 15) is 10.1 Å². The van der Waals surface area contributed by atoms with E-state index in [0.29, 0.717) is 5.69 Å². The molecule has 1 heterocycles. The minimum Gasteiger partial charge on any atom is -0.349 e. The fourth-order valence-electron chi connectivity index (χ4n) is 0.788. The highest BCUT2D eigenvalue weighted by molar-refractivity contribution is 5.35. The highest BCUT2D eigenvalue weighted by atomic mass is 16.6. The van der Waals surface area contributed by atoms with Crippen molar-refractivity contribution in [3.8, 4) is 0 Å². The lowest BCUT2D eigenvalue weighted by Crippen LogP contribution is -1.92. The molecular formula is C6H8N2O2. The van der Waals surface area contributed by atoms with Gasteiger partial charge in [-0.05, 0) is 6.92 Å². The van der Waals surface area contributed by atoms with E-state index in [1.807, 2.05) is 0 Å². The van der Waals surface area contributed by atoms with Crippen LogP contribution in [0.4, 0.5) is 5.69 Å². The van der Waals surface area contributed by atoms with E-state index in [1.54, 1.807) is 24.7 Å². The summed E-state index contributed by atoms with van der Waals surface area (Å²) in [5.74, 6) is 0. The van der Waals surface area contributed by atoms with E-state index in [0.717, 1.165) is 0 Å². The summed E-state index contributed by atoms with van der Waals surface area (Å²) in [6.45, 7) is 1.72. The number of nitro groups is 1. The van der Waals surface area contributed by atoms with Crippen LogP contribution in [0.5, 0.6) is 0 Å². The van der Waals surface area contributed by atoms with Gasteiger partial charge in [0.1, 0.15) is 0 Å². The molecule has 1 rings (SSSR count). The van der Waals surface area contributed by atoms with Gasteiger partial charge in [-0.15, -0.1) is 0 Å². The molecule has 0 saturated heterocycles. The summed E-state index contributed by atoms with van der Waals surface area (Å²) in [7, 11) is 1.78. The van der Waals surface area contributed by atoms with E-state index >= 15 is 0 Å². The molecule has 0 aliphatic carbocycles. The Morgan fingerprint density at radius 1 is 1.70 bits per heavy atom. The van der Waals surface area contributed by atoms with Crippen LogP contribution in [-0.2, 0) is 7.05 Å². The third-order valence-corrected chi connectivity index (χ3v) is 1.55. The molecule has 4 heteroatoms. The summed E-state index contributed by atoms with van der Waals surface area (Å²) in [5, 5.41) is 10.2. The minimum absolute atomic E-state index is 0.183. The fourth-order valence-corrected chi connectivity index (χ4v) is 0.788. The van der Waals surface area contributed by atoms with E-state index in [-0.39, 0.29) is 10.6 Å². The highest BCUT2D eigenvalue weighted by Crippen LogP contribution is 2.16. The predicted molar refractivity (Wildman–Crippen MR) is 36.8 cm³/mol. The van der Waals surface area contributed by atoms with Crippen LogP contribution in [0.2, 0.25) is 0 Å². The summed E-state index contributed by atoms with van der Waals surface area (Å²) in [5.41, 5.74) is 0.868. The fraction of sp³-hybridized carbons (Fsp3) is 0.333. The number of aryl methyl sites for hydroxylation is 1. The highest BCUT2D eigenvalue weighted by Gasteiger charge is 2.11. The van der Waals surface area contributed by atoms with Gasteiger partial charge in [-0.25, -0.2) is 0 Å². The largest absolute Gasteiger partial charge is 0.349 e. The van der Waals surface area contributed by atoms with Crippen LogP contribution >= 0.6 is 0 Å². The van der Waals surface area contributed by atoms with Crippen molar-refractivity contribution in [2.24, 2.45) is 7.05 Å². The molecule has 0 bridgehead atoms. The van der Waals surface area contributed by atoms with Gasteiger partial charge in [0, 0.05) is 19.3 Å². The number of rotatable bonds is 1. The van der Waals surface area contributed by atoms with Crippen LogP contribution in [0.15, 0.2) is 12.3 Å². The molecule has 0 atom stereocenters. The van der Waals surface area contributed by atoms with Crippen LogP contribution in [0.1, 0.15) is 5.69 Å². The van der Waals surface area contributed by atoms with Gasteiger partial charge in [0.15, 0.2) is 0 Å². The average Bonchev–Trinajstić information content (AvgIpc) is 2.14. The second kappa shape index (κ2) is 2.13. The Morgan fingerprint density at radius 2 is 2.30 bits per heavy atom. The Kier molecular flexibility index (Phi) is 1.45. The van der Waals surface area contributed by atoms with Gasteiger partial charge >= 0.3 is 0 Å². The molecule has 4 nitrogen and oxygen atoms in total. The lowest BCUT2D eigenvalue weighted by atomic mass is 10.4. The molecule has 54 valence electrons. The van der Waals surface area contributed by atoms with Crippen LogP contribution in [0, 0.1) is 17.0 Å². The smallest absolute Gasteiger partial charge is 0.289 e. The van der Waals surface area contributed by atoms with Gasteiger partial charge in [-0.2, -0.15) is 0 Å². The van der Waals surface area contributed by atoms with Gasteiger partial charge in [0.25, 0.3) is 5.69 Å². The minimum atomic E-state index is -0.380. The molecule has 1 aromatic rings. The van der Waals surface area contributed by atoms with Crippen LogP contribution in [0.25, 0.3) is 0 Å². The Morgan fingerprint density at radius 3 is 2.50 bits per heavy atom. The second-order valence-electron chi connectivity index (χ2n) is 2.15. The molecule has 0 radical (unpaired) electrons. The Bertz CT molecular complexity index is 265. The topological polar surface area (TPSA) is 48.1 Å². The van der Waals surface area contributed by atoms with Crippen LogP contribution in [-0.4, -0.2) is 9.49 Å². The second-order valence-corrected chi connectivity index (χ2v) is 2.15. The van der Waals surface area contributed by atoms with Gasteiger partial charge in [0.05, 0.1) is 10.6 Å². The lowest BCUT2D eigenvalue weighted by Gasteiger charge is -1.92. The first-order valence-corrected chi connectivity index (χ1v) is 2.89. The Balaban J connectivity index is 3.17. The third-order valence-electron chi connectivity index (χ3n) is 1.55. The number of hydrogen-bond donors (Lipinski definition) is 0. The van der Waals surface area contributed by atoms with Crippen molar-refractivity contribution < 1.29 is 4.92 Å². The van der Waals surface area contributed by atoms with Crippen molar-refractivity contribution in [1.82, 2.24) is 4.57 Å². The standard InChI is InChI=1S/C6H8N2O2/c1-5-6(8(9)10)3-4-7(5)2/h3-4H,1-2H3. The summed E-state index contributed by atoms with van der Waals surface area (Å²) in [6.07, 6.45) is 1.67. The molecule has 0 aliphatic heterocycles. The molecule has 0 unspecified atom stereocenters. The molecule has 0 spiro atoms. The first kappa shape index (κ1) is 6.80.